The average Bonchev–Trinajstić information content (AvgIpc) is 2.81. The largest absolute Gasteiger partial charge is 0.0622 e. The summed E-state index contributed by atoms with van der Waals surface area (Å²) in [5.74, 6) is 5.32. The molecular formula is C20H34. The third-order valence-corrected chi connectivity index (χ3v) is 8.72. The summed E-state index contributed by atoms with van der Waals surface area (Å²) in [5.41, 5.74) is 1.45. The van der Waals surface area contributed by atoms with Gasteiger partial charge < -0.3 is 0 Å². The normalized spacial score (nSPS) is 58.6. The molecule has 0 aromatic heterocycles. The average molecular weight is 274 g/mol. The third kappa shape index (κ3) is 1.72. The van der Waals surface area contributed by atoms with Crippen LogP contribution in [0.2, 0.25) is 0 Å². The SMILES string of the molecule is CC1C[C@H]2CCCC[C@]2(C)[C@H]2CC[C@]3(C)CCC[C@H]3[C@H]12. The molecule has 4 aliphatic rings. The molecule has 0 heterocycles. The van der Waals surface area contributed by atoms with Crippen molar-refractivity contribution in [1.82, 2.24) is 0 Å². The summed E-state index contributed by atoms with van der Waals surface area (Å²) >= 11 is 0. The molecule has 0 aliphatic heterocycles. The van der Waals surface area contributed by atoms with Gasteiger partial charge in [0.2, 0.25) is 0 Å². The molecule has 114 valence electrons. The Bertz CT molecular complexity index is 385. The van der Waals surface area contributed by atoms with Crippen LogP contribution in [0.5, 0.6) is 0 Å². The lowest BCUT2D eigenvalue weighted by molar-refractivity contribution is -0.128. The van der Waals surface area contributed by atoms with Crippen molar-refractivity contribution in [3.8, 4) is 0 Å². The molecule has 0 N–H and O–H groups in total. The van der Waals surface area contributed by atoms with Gasteiger partial charge in [-0.3, -0.25) is 0 Å². The summed E-state index contributed by atoms with van der Waals surface area (Å²) in [6.45, 7) is 7.97. The maximum Gasteiger partial charge on any atom is -0.0266 e. The number of hydrogen-bond donors (Lipinski definition) is 0. The highest BCUT2D eigenvalue weighted by Gasteiger charge is 2.58. The van der Waals surface area contributed by atoms with Crippen molar-refractivity contribution < 1.29 is 0 Å². The molecule has 0 aromatic carbocycles. The Balaban J connectivity index is 1.69. The van der Waals surface area contributed by atoms with Gasteiger partial charge in [-0.1, -0.05) is 40.0 Å². The van der Waals surface area contributed by atoms with Gasteiger partial charge in [-0.25, -0.2) is 0 Å². The summed E-state index contributed by atoms with van der Waals surface area (Å²) in [4.78, 5) is 0. The van der Waals surface area contributed by atoms with E-state index in [2.05, 4.69) is 20.8 Å². The van der Waals surface area contributed by atoms with Crippen molar-refractivity contribution in [3.63, 3.8) is 0 Å². The summed E-state index contributed by atoms with van der Waals surface area (Å²) in [6, 6.07) is 0. The van der Waals surface area contributed by atoms with E-state index in [4.69, 9.17) is 0 Å². The third-order valence-electron chi connectivity index (χ3n) is 8.72. The molecule has 4 saturated carbocycles. The number of fused-ring (bicyclic) bond motifs is 5. The van der Waals surface area contributed by atoms with Crippen LogP contribution >= 0.6 is 0 Å². The molecule has 4 fully saturated rings. The minimum absolute atomic E-state index is 0.722. The van der Waals surface area contributed by atoms with E-state index >= 15 is 0 Å². The van der Waals surface area contributed by atoms with Crippen molar-refractivity contribution in [2.45, 2.75) is 85.0 Å². The van der Waals surface area contributed by atoms with E-state index in [1.54, 1.807) is 38.5 Å². The topological polar surface area (TPSA) is 0 Å². The van der Waals surface area contributed by atoms with Gasteiger partial charge in [-0.05, 0) is 85.4 Å². The zero-order valence-corrected chi connectivity index (χ0v) is 14.0. The van der Waals surface area contributed by atoms with Gasteiger partial charge >= 0.3 is 0 Å². The smallest absolute Gasteiger partial charge is 0.0266 e. The van der Waals surface area contributed by atoms with E-state index in [0.29, 0.717) is 0 Å². The molecule has 0 amide bonds. The van der Waals surface area contributed by atoms with Crippen LogP contribution < -0.4 is 0 Å². The summed E-state index contributed by atoms with van der Waals surface area (Å²) < 4.78 is 0. The van der Waals surface area contributed by atoms with Crippen LogP contribution in [0, 0.1) is 40.4 Å². The minimum Gasteiger partial charge on any atom is -0.0622 e. The summed E-state index contributed by atoms with van der Waals surface area (Å²) in [7, 11) is 0. The van der Waals surface area contributed by atoms with E-state index in [1.165, 1.54) is 25.7 Å². The highest BCUT2D eigenvalue weighted by molar-refractivity contribution is 5.08. The molecule has 0 radical (unpaired) electrons. The predicted octanol–water partition coefficient (Wildman–Crippen LogP) is 6.06. The van der Waals surface area contributed by atoms with Crippen LogP contribution in [0.3, 0.4) is 0 Å². The molecular weight excluding hydrogens is 240 g/mol. The quantitative estimate of drug-likeness (QED) is 0.504. The number of hydrogen-bond acceptors (Lipinski definition) is 0. The van der Waals surface area contributed by atoms with Gasteiger partial charge in [0.1, 0.15) is 0 Å². The molecule has 1 unspecified atom stereocenters. The minimum atomic E-state index is 0.722. The van der Waals surface area contributed by atoms with Crippen molar-refractivity contribution >= 4 is 0 Å². The Morgan fingerprint density at radius 1 is 0.800 bits per heavy atom. The first-order chi connectivity index (χ1) is 9.55. The lowest BCUT2D eigenvalue weighted by Crippen LogP contribution is -2.54. The predicted molar refractivity (Wildman–Crippen MR) is 85.5 cm³/mol. The van der Waals surface area contributed by atoms with Gasteiger partial charge in [0, 0.05) is 0 Å². The second kappa shape index (κ2) is 4.50. The van der Waals surface area contributed by atoms with Crippen LogP contribution in [-0.2, 0) is 0 Å². The molecule has 0 bridgehead atoms. The molecule has 0 saturated heterocycles. The van der Waals surface area contributed by atoms with Crippen molar-refractivity contribution in [3.05, 3.63) is 0 Å². The van der Waals surface area contributed by atoms with Gasteiger partial charge in [0.15, 0.2) is 0 Å². The van der Waals surface area contributed by atoms with Crippen molar-refractivity contribution in [1.29, 1.82) is 0 Å². The fourth-order valence-corrected chi connectivity index (χ4v) is 7.66. The zero-order chi connectivity index (χ0) is 14.0. The van der Waals surface area contributed by atoms with Gasteiger partial charge in [0.25, 0.3) is 0 Å². The Morgan fingerprint density at radius 3 is 2.50 bits per heavy atom. The maximum atomic E-state index is 2.71. The van der Waals surface area contributed by atoms with Crippen molar-refractivity contribution in [2.24, 2.45) is 40.4 Å². The van der Waals surface area contributed by atoms with E-state index in [0.717, 1.165) is 40.4 Å². The highest BCUT2D eigenvalue weighted by Crippen LogP contribution is 2.67. The number of rotatable bonds is 0. The lowest BCUT2D eigenvalue weighted by Gasteiger charge is -2.62. The second-order valence-corrected chi connectivity index (χ2v) is 9.54. The van der Waals surface area contributed by atoms with Crippen molar-refractivity contribution in [2.75, 3.05) is 0 Å². The molecule has 0 heteroatoms. The molecule has 0 nitrogen and oxygen atoms in total. The fourth-order valence-electron chi connectivity index (χ4n) is 7.66. The first-order valence-electron chi connectivity index (χ1n) is 9.55. The Kier molecular flexibility index (Phi) is 3.07. The standard InChI is InChI=1S/C20H34/c1-14-13-15-7-4-5-11-20(15,3)17-9-12-19(2)10-6-8-16(19)18(14)17/h14-18H,4-13H2,1-3H3/t14?,15-,16+,17+,18+,19+,20+/m1/s1. The molecule has 4 aliphatic carbocycles. The molecule has 0 aromatic rings. The van der Waals surface area contributed by atoms with Crippen LogP contribution in [-0.4, -0.2) is 0 Å². The monoisotopic (exact) mass is 274 g/mol. The van der Waals surface area contributed by atoms with E-state index in [9.17, 15) is 0 Å². The molecule has 20 heavy (non-hydrogen) atoms. The lowest BCUT2D eigenvalue weighted by atomic mass is 9.43. The summed E-state index contributed by atoms with van der Waals surface area (Å²) in [5, 5.41) is 0. The van der Waals surface area contributed by atoms with E-state index in [-0.39, 0.29) is 0 Å². The van der Waals surface area contributed by atoms with Crippen LogP contribution in [0.4, 0.5) is 0 Å². The first kappa shape index (κ1) is 13.6. The van der Waals surface area contributed by atoms with Gasteiger partial charge in [-0.15, -0.1) is 0 Å². The van der Waals surface area contributed by atoms with Crippen LogP contribution in [0.1, 0.15) is 85.0 Å². The second-order valence-electron chi connectivity index (χ2n) is 9.54. The summed E-state index contributed by atoms with van der Waals surface area (Å²) in [6.07, 6.45) is 15.4. The van der Waals surface area contributed by atoms with Gasteiger partial charge in [0.05, 0.1) is 0 Å². The Hall–Kier alpha value is 0. The van der Waals surface area contributed by atoms with Crippen LogP contribution in [0.25, 0.3) is 0 Å². The maximum absolute atomic E-state index is 2.71. The molecule has 0 spiro atoms. The van der Waals surface area contributed by atoms with E-state index < -0.39 is 0 Å². The van der Waals surface area contributed by atoms with E-state index in [1.807, 2.05) is 0 Å². The first-order valence-corrected chi connectivity index (χ1v) is 9.55. The molecule has 4 rings (SSSR count). The van der Waals surface area contributed by atoms with Gasteiger partial charge in [-0.2, -0.15) is 0 Å². The molecule has 7 atom stereocenters. The van der Waals surface area contributed by atoms with Crippen LogP contribution in [0.15, 0.2) is 0 Å². The highest BCUT2D eigenvalue weighted by atomic mass is 14.6. The fraction of sp³-hybridized carbons (Fsp3) is 1.00. The Morgan fingerprint density at radius 2 is 1.65 bits per heavy atom. The Labute approximate surface area is 126 Å². The zero-order valence-electron chi connectivity index (χ0n) is 14.0.